The second-order valence-electron chi connectivity index (χ2n) is 1.45. The summed E-state index contributed by atoms with van der Waals surface area (Å²) in [7, 11) is 0. The molecule has 0 aliphatic heterocycles. The average molecular weight is 164 g/mol. The van der Waals surface area contributed by atoms with Crippen molar-refractivity contribution < 1.29 is 19.8 Å². The van der Waals surface area contributed by atoms with Gasteiger partial charge < -0.3 is 10.2 Å². The van der Waals surface area contributed by atoms with Crippen LogP contribution in [0.1, 0.15) is 6.42 Å². The molecule has 0 fully saturated rings. The Morgan fingerprint density at radius 1 is 1.27 bits per heavy atom. The van der Waals surface area contributed by atoms with Crippen LogP contribution in [-0.4, -0.2) is 65.1 Å². The van der Waals surface area contributed by atoms with Gasteiger partial charge in [0.2, 0.25) is 0 Å². The first-order chi connectivity index (χ1) is 4.04. The second kappa shape index (κ2) is 8.58. The molecule has 54 valence electrons. The van der Waals surface area contributed by atoms with Gasteiger partial charge in [0, 0.05) is 37.7 Å². The number of carbonyl (C=O) groups is 2. The Hall–Kier alpha value is 0.485. The van der Waals surface area contributed by atoms with Crippen LogP contribution in [-0.2, 0) is 9.59 Å². The van der Waals surface area contributed by atoms with E-state index in [1.807, 2.05) is 0 Å². The maximum absolute atomic E-state index is 9.90. The van der Waals surface area contributed by atoms with Gasteiger partial charge in [-0.2, -0.15) is 12.6 Å². The molecule has 0 rings (SSSR count). The van der Waals surface area contributed by atoms with Crippen LogP contribution in [0.5, 0.6) is 0 Å². The first kappa shape index (κ1) is 17.5. The van der Waals surface area contributed by atoms with Crippen LogP contribution in [0.2, 0.25) is 0 Å². The Labute approximate surface area is 93.5 Å². The fourth-order valence-corrected chi connectivity index (χ4v) is 0.409. The van der Waals surface area contributed by atoms with Gasteiger partial charge in [0.25, 0.3) is 0 Å². The van der Waals surface area contributed by atoms with E-state index in [9.17, 15) is 9.59 Å². The number of carboxylic acids is 2. The minimum absolute atomic E-state index is 0. The molecule has 2 radical (unpaired) electrons. The van der Waals surface area contributed by atoms with E-state index in [2.05, 4.69) is 12.6 Å². The Bertz CT molecular complexity index is 140. The van der Waals surface area contributed by atoms with E-state index in [4.69, 9.17) is 10.2 Å². The summed E-state index contributed by atoms with van der Waals surface area (Å²) in [5.41, 5.74) is 0. The molecule has 0 heterocycles. The minimum Gasteiger partial charge on any atom is -0.481 e. The van der Waals surface area contributed by atoms with Gasteiger partial charge >= 0.3 is 11.9 Å². The smallest absolute Gasteiger partial charge is 0.316 e. The second-order valence-corrected chi connectivity index (χ2v) is 2.08. The molecule has 0 saturated carbocycles. The van der Waals surface area contributed by atoms with Crippen LogP contribution in [0.15, 0.2) is 0 Å². The molecule has 1 unspecified atom stereocenters. The Morgan fingerprint density at radius 3 is 1.73 bits per heavy atom. The Balaban J connectivity index is -0.000000320. The number of rotatable bonds is 3. The van der Waals surface area contributed by atoms with Gasteiger partial charge in [-0.25, -0.2) is 0 Å². The summed E-state index contributed by atoms with van der Waals surface area (Å²) >= 11 is 3.48. The van der Waals surface area contributed by atoms with E-state index >= 15 is 0 Å². The molecule has 0 aromatic rings. The molecule has 0 aromatic heterocycles. The summed E-state index contributed by atoms with van der Waals surface area (Å²) in [6.07, 6.45) is -0.446. The largest absolute Gasteiger partial charge is 0.481 e. The van der Waals surface area contributed by atoms with Crippen molar-refractivity contribution in [2.75, 3.05) is 0 Å². The van der Waals surface area contributed by atoms with E-state index in [0.29, 0.717) is 0 Å². The molecule has 0 amide bonds. The van der Waals surface area contributed by atoms with E-state index in [0.717, 1.165) is 0 Å². The van der Waals surface area contributed by atoms with Crippen LogP contribution >= 0.6 is 12.6 Å². The maximum atomic E-state index is 9.90. The van der Waals surface area contributed by atoms with Gasteiger partial charge in [-0.1, -0.05) is 0 Å². The predicted octanol–water partition coefficient (Wildman–Crippen LogP) is -0.917. The molecule has 0 saturated heterocycles. The molecule has 0 spiro atoms. The van der Waals surface area contributed by atoms with Crippen molar-refractivity contribution in [3.63, 3.8) is 0 Å². The van der Waals surface area contributed by atoms with Crippen molar-refractivity contribution >= 4 is 62.3 Å². The SMILES string of the molecule is O=C(O)CC(S)C(=O)O.[Li].[Li]. The van der Waals surface area contributed by atoms with Crippen LogP contribution in [0.4, 0.5) is 0 Å². The zero-order valence-corrected chi connectivity index (χ0v) is 7.34. The summed E-state index contributed by atoms with van der Waals surface area (Å²) in [5.74, 6) is -2.36. The molecule has 0 aliphatic rings. The van der Waals surface area contributed by atoms with E-state index in [-0.39, 0.29) is 37.7 Å². The number of aliphatic carboxylic acids is 2. The van der Waals surface area contributed by atoms with E-state index in [1.54, 1.807) is 0 Å². The quantitative estimate of drug-likeness (QED) is 0.372. The molecular formula is C4H6Li2O4S. The van der Waals surface area contributed by atoms with Crippen LogP contribution in [0.25, 0.3) is 0 Å². The normalized spacial score (nSPS) is 10.3. The summed E-state index contributed by atoms with van der Waals surface area (Å²) in [6.45, 7) is 0. The van der Waals surface area contributed by atoms with Crippen molar-refractivity contribution in [1.29, 1.82) is 0 Å². The fraction of sp³-hybridized carbons (Fsp3) is 0.500. The van der Waals surface area contributed by atoms with Crippen molar-refractivity contribution in [2.24, 2.45) is 0 Å². The van der Waals surface area contributed by atoms with Crippen LogP contribution in [0, 0.1) is 0 Å². The molecule has 1 atom stereocenters. The van der Waals surface area contributed by atoms with Crippen molar-refractivity contribution in [3.8, 4) is 0 Å². The third-order valence-corrected chi connectivity index (χ3v) is 1.06. The van der Waals surface area contributed by atoms with Crippen molar-refractivity contribution in [1.82, 2.24) is 0 Å². The Morgan fingerprint density at radius 2 is 1.64 bits per heavy atom. The standard InChI is InChI=1S/C4H6O4S.2Li/c5-3(6)1-2(9)4(7)8;;/h2,9H,1H2,(H,5,6)(H,7,8);;. The van der Waals surface area contributed by atoms with Gasteiger partial charge in [0.15, 0.2) is 0 Å². The van der Waals surface area contributed by atoms with Crippen LogP contribution < -0.4 is 0 Å². The molecule has 2 N–H and O–H groups in total. The number of thiol groups is 1. The molecule has 4 nitrogen and oxygen atoms in total. The molecule has 0 aliphatic carbocycles. The summed E-state index contributed by atoms with van der Waals surface area (Å²) < 4.78 is 0. The molecule has 0 bridgehead atoms. The summed E-state index contributed by atoms with van der Waals surface area (Å²) in [4.78, 5) is 19.7. The number of hydrogen-bond acceptors (Lipinski definition) is 3. The first-order valence-electron chi connectivity index (χ1n) is 2.16. The van der Waals surface area contributed by atoms with Gasteiger partial charge in [-0.3, -0.25) is 9.59 Å². The third kappa shape index (κ3) is 10.5. The van der Waals surface area contributed by atoms with Gasteiger partial charge in [0.1, 0.15) is 5.25 Å². The fourth-order valence-electron chi connectivity index (χ4n) is 0.253. The molecule has 0 aromatic carbocycles. The average Bonchev–Trinajstić information content (AvgIpc) is 1.63. The number of carboxylic acid groups (broad SMARTS) is 2. The zero-order chi connectivity index (χ0) is 7.44. The zero-order valence-electron chi connectivity index (χ0n) is 6.44. The van der Waals surface area contributed by atoms with E-state index < -0.39 is 23.6 Å². The summed E-state index contributed by atoms with van der Waals surface area (Å²) in [6, 6.07) is 0. The van der Waals surface area contributed by atoms with Crippen molar-refractivity contribution in [3.05, 3.63) is 0 Å². The maximum Gasteiger partial charge on any atom is 0.316 e. The van der Waals surface area contributed by atoms with Crippen molar-refractivity contribution in [2.45, 2.75) is 11.7 Å². The Kier molecular flexibility index (Phi) is 13.7. The van der Waals surface area contributed by atoms with Crippen LogP contribution in [0.3, 0.4) is 0 Å². The van der Waals surface area contributed by atoms with Gasteiger partial charge in [-0.05, 0) is 0 Å². The number of hydrogen-bond donors (Lipinski definition) is 3. The van der Waals surface area contributed by atoms with Gasteiger partial charge in [0.05, 0.1) is 6.42 Å². The molecular weight excluding hydrogens is 158 g/mol. The van der Waals surface area contributed by atoms with Gasteiger partial charge in [-0.15, -0.1) is 0 Å². The monoisotopic (exact) mass is 164 g/mol. The first-order valence-corrected chi connectivity index (χ1v) is 2.68. The van der Waals surface area contributed by atoms with E-state index in [1.165, 1.54) is 0 Å². The third-order valence-electron chi connectivity index (χ3n) is 0.653. The predicted molar refractivity (Wildman–Crippen MR) is 44.2 cm³/mol. The molecule has 7 heteroatoms. The minimum atomic E-state index is -1.21. The molecule has 11 heavy (non-hydrogen) atoms. The summed E-state index contributed by atoms with van der Waals surface area (Å²) in [5, 5.41) is 15.0. The topological polar surface area (TPSA) is 74.6 Å².